The Morgan fingerprint density at radius 1 is 1.56 bits per heavy atom. The van der Waals surface area contributed by atoms with Crippen molar-refractivity contribution in [2.24, 2.45) is 5.11 Å². The summed E-state index contributed by atoms with van der Waals surface area (Å²) in [6.07, 6.45) is 4.24. The van der Waals surface area contributed by atoms with Crippen LogP contribution in [0.4, 0.5) is 0 Å². The zero-order valence-corrected chi connectivity index (χ0v) is 9.00. The number of rotatable bonds is 5. The lowest BCUT2D eigenvalue weighted by atomic mass is 10.1. The van der Waals surface area contributed by atoms with Crippen molar-refractivity contribution in [3.05, 3.63) is 40.3 Å². The van der Waals surface area contributed by atoms with Gasteiger partial charge in [0.1, 0.15) is 11.5 Å². The first kappa shape index (κ1) is 11.9. The third-order valence-electron chi connectivity index (χ3n) is 1.99. The lowest BCUT2D eigenvalue weighted by molar-refractivity contribution is 0.412. The van der Waals surface area contributed by atoms with Gasteiger partial charge in [-0.15, -0.1) is 0 Å². The maximum Gasteiger partial charge on any atom is 0.123 e. The number of phenolic OH excluding ortho intramolecular Hbond substituents is 1. The maximum absolute atomic E-state index is 9.54. The van der Waals surface area contributed by atoms with Crippen molar-refractivity contribution < 1.29 is 9.84 Å². The molecule has 0 spiro atoms. The van der Waals surface area contributed by atoms with Crippen molar-refractivity contribution in [2.45, 2.75) is 6.42 Å². The van der Waals surface area contributed by atoms with E-state index in [0.29, 0.717) is 24.3 Å². The first-order chi connectivity index (χ1) is 7.77. The SMILES string of the molecule is COc1ccc(O)c(C=CCCN=[N+]=[N-])c1. The second-order valence-electron chi connectivity index (χ2n) is 3.07. The molecule has 0 aromatic heterocycles. The van der Waals surface area contributed by atoms with Crippen LogP contribution in [0, 0.1) is 0 Å². The highest BCUT2D eigenvalue weighted by Crippen LogP contribution is 2.23. The molecule has 0 aliphatic heterocycles. The number of hydrogen-bond donors (Lipinski definition) is 1. The molecule has 1 aromatic carbocycles. The van der Waals surface area contributed by atoms with Gasteiger partial charge >= 0.3 is 0 Å². The van der Waals surface area contributed by atoms with E-state index in [9.17, 15) is 5.11 Å². The summed E-state index contributed by atoms with van der Waals surface area (Å²) >= 11 is 0. The molecule has 0 amide bonds. The van der Waals surface area contributed by atoms with Gasteiger partial charge in [-0.05, 0) is 30.2 Å². The standard InChI is InChI=1S/C11H13N3O2/c1-16-10-5-6-11(15)9(8-10)4-2-3-7-13-14-12/h2,4-6,8,15H,3,7H2,1H3. The first-order valence-corrected chi connectivity index (χ1v) is 4.82. The van der Waals surface area contributed by atoms with E-state index in [1.807, 2.05) is 6.08 Å². The Morgan fingerprint density at radius 2 is 2.38 bits per heavy atom. The van der Waals surface area contributed by atoms with Gasteiger partial charge in [-0.2, -0.15) is 0 Å². The molecule has 1 rings (SSSR count). The van der Waals surface area contributed by atoms with Crippen LogP contribution in [-0.4, -0.2) is 18.8 Å². The van der Waals surface area contributed by atoms with Crippen LogP contribution >= 0.6 is 0 Å². The molecule has 0 aliphatic carbocycles. The van der Waals surface area contributed by atoms with Gasteiger partial charge in [0.2, 0.25) is 0 Å². The predicted octanol–water partition coefficient (Wildman–Crippen LogP) is 3.11. The summed E-state index contributed by atoms with van der Waals surface area (Å²) in [5.41, 5.74) is 8.75. The zero-order chi connectivity index (χ0) is 11.8. The van der Waals surface area contributed by atoms with Crippen molar-refractivity contribution >= 4 is 6.08 Å². The number of benzene rings is 1. The number of methoxy groups -OCH3 is 1. The average molecular weight is 219 g/mol. The van der Waals surface area contributed by atoms with Gasteiger partial charge in [-0.1, -0.05) is 17.3 Å². The van der Waals surface area contributed by atoms with Crippen molar-refractivity contribution in [3.63, 3.8) is 0 Å². The summed E-state index contributed by atoms with van der Waals surface area (Å²) in [6.45, 7) is 0.414. The van der Waals surface area contributed by atoms with E-state index in [1.54, 1.807) is 31.4 Å². The molecule has 0 aliphatic rings. The summed E-state index contributed by atoms with van der Waals surface area (Å²) in [4.78, 5) is 2.65. The van der Waals surface area contributed by atoms with Crippen molar-refractivity contribution in [1.29, 1.82) is 0 Å². The van der Waals surface area contributed by atoms with E-state index >= 15 is 0 Å². The Kier molecular flexibility index (Phi) is 4.76. The molecule has 16 heavy (non-hydrogen) atoms. The van der Waals surface area contributed by atoms with Crippen molar-refractivity contribution in [2.75, 3.05) is 13.7 Å². The van der Waals surface area contributed by atoms with Gasteiger partial charge in [-0.25, -0.2) is 0 Å². The molecule has 0 unspecified atom stereocenters. The molecule has 5 heteroatoms. The summed E-state index contributed by atoms with van der Waals surface area (Å²) < 4.78 is 5.04. The first-order valence-electron chi connectivity index (χ1n) is 4.82. The van der Waals surface area contributed by atoms with E-state index in [4.69, 9.17) is 10.3 Å². The second-order valence-corrected chi connectivity index (χ2v) is 3.07. The molecular weight excluding hydrogens is 206 g/mol. The molecule has 0 saturated carbocycles. The molecule has 0 heterocycles. The monoisotopic (exact) mass is 219 g/mol. The van der Waals surface area contributed by atoms with Crippen LogP contribution in [0.1, 0.15) is 12.0 Å². The Hall–Kier alpha value is -2.13. The van der Waals surface area contributed by atoms with Gasteiger partial charge < -0.3 is 9.84 Å². The summed E-state index contributed by atoms with van der Waals surface area (Å²) in [5, 5.41) is 12.9. The molecule has 1 aromatic rings. The minimum absolute atomic E-state index is 0.195. The van der Waals surface area contributed by atoms with Crippen LogP contribution in [0.5, 0.6) is 11.5 Å². The summed E-state index contributed by atoms with van der Waals surface area (Å²) in [7, 11) is 1.57. The molecule has 0 radical (unpaired) electrons. The number of phenols is 1. The van der Waals surface area contributed by atoms with E-state index in [-0.39, 0.29) is 5.75 Å². The molecule has 1 N–H and O–H groups in total. The fourth-order valence-corrected chi connectivity index (χ4v) is 1.18. The minimum atomic E-state index is 0.195. The Morgan fingerprint density at radius 3 is 3.06 bits per heavy atom. The van der Waals surface area contributed by atoms with Crippen LogP contribution in [-0.2, 0) is 0 Å². The Bertz CT molecular complexity index is 423. The highest BCUT2D eigenvalue weighted by atomic mass is 16.5. The van der Waals surface area contributed by atoms with E-state index in [0.717, 1.165) is 0 Å². The van der Waals surface area contributed by atoms with Crippen molar-refractivity contribution in [1.82, 2.24) is 0 Å². The topological polar surface area (TPSA) is 78.2 Å². The number of azide groups is 1. The largest absolute Gasteiger partial charge is 0.507 e. The quantitative estimate of drug-likeness (QED) is 0.357. The Balaban J connectivity index is 2.67. The van der Waals surface area contributed by atoms with Crippen molar-refractivity contribution in [3.8, 4) is 11.5 Å². The number of nitrogens with zero attached hydrogens (tertiary/aromatic N) is 3. The molecule has 0 fully saturated rings. The van der Waals surface area contributed by atoms with Gasteiger partial charge in [-0.3, -0.25) is 0 Å². The summed E-state index contributed by atoms with van der Waals surface area (Å²) in [5.74, 6) is 0.883. The maximum atomic E-state index is 9.54. The third-order valence-corrected chi connectivity index (χ3v) is 1.99. The fraction of sp³-hybridized carbons (Fsp3) is 0.273. The molecule has 84 valence electrons. The average Bonchev–Trinajstić information content (AvgIpc) is 2.31. The third kappa shape index (κ3) is 3.55. The van der Waals surface area contributed by atoms with E-state index < -0.39 is 0 Å². The molecule has 5 nitrogen and oxygen atoms in total. The predicted molar refractivity (Wildman–Crippen MR) is 62.3 cm³/mol. The minimum Gasteiger partial charge on any atom is -0.507 e. The number of aromatic hydroxyl groups is 1. The van der Waals surface area contributed by atoms with Gasteiger partial charge in [0.15, 0.2) is 0 Å². The normalized spacial score (nSPS) is 10.1. The zero-order valence-electron chi connectivity index (χ0n) is 9.00. The number of ether oxygens (including phenoxy) is 1. The van der Waals surface area contributed by atoms with Gasteiger partial charge in [0, 0.05) is 17.0 Å². The highest BCUT2D eigenvalue weighted by molar-refractivity contribution is 5.59. The van der Waals surface area contributed by atoms with E-state index in [1.165, 1.54) is 0 Å². The fourth-order valence-electron chi connectivity index (χ4n) is 1.18. The smallest absolute Gasteiger partial charge is 0.123 e. The van der Waals surface area contributed by atoms with E-state index in [2.05, 4.69) is 10.0 Å². The van der Waals surface area contributed by atoms with Gasteiger partial charge in [0.05, 0.1) is 7.11 Å². The summed E-state index contributed by atoms with van der Waals surface area (Å²) in [6, 6.07) is 5.00. The second kappa shape index (κ2) is 6.37. The van der Waals surface area contributed by atoms with Crippen LogP contribution in [0.3, 0.4) is 0 Å². The highest BCUT2D eigenvalue weighted by Gasteiger charge is 1.98. The number of hydrogen-bond acceptors (Lipinski definition) is 3. The molecule has 0 atom stereocenters. The van der Waals surface area contributed by atoms with Crippen LogP contribution in [0.15, 0.2) is 29.4 Å². The lowest BCUT2D eigenvalue weighted by Crippen LogP contribution is -1.83. The molecule has 0 bridgehead atoms. The van der Waals surface area contributed by atoms with Crippen LogP contribution in [0.2, 0.25) is 0 Å². The van der Waals surface area contributed by atoms with Crippen LogP contribution < -0.4 is 4.74 Å². The lowest BCUT2D eigenvalue weighted by Gasteiger charge is -2.02. The molecular formula is C11H13N3O2. The molecule has 0 saturated heterocycles. The van der Waals surface area contributed by atoms with Gasteiger partial charge in [0.25, 0.3) is 0 Å². The van der Waals surface area contributed by atoms with Crippen LogP contribution in [0.25, 0.3) is 16.5 Å². The Labute approximate surface area is 93.6 Å².